The molecule has 0 radical (unpaired) electrons. The molecule has 0 saturated carbocycles. The van der Waals surface area contributed by atoms with Crippen molar-refractivity contribution in [3.05, 3.63) is 52.4 Å². The minimum atomic E-state index is -3.85. The Hall–Kier alpha value is -1.41. The molecule has 1 aromatic heterocycles. The number of halogens is 1. The predicted octanol–water partition coefficient (Wildman–Crippen LogP) is 1.91. The lowest BCUT2D eigenvalue weighted by Crippen LogP contribution is -2.37. The van der Waals surface area contributed by atoms with Gasteiger partial charge in [-0.15, -0.1) is 11.3 Å². The summed E-state index contributed by atoms with van der Waals surface area (Å²) in [6.45, 7) is 0. The highest BCUT2D eigenvalue weighted by atomic mass is 35.5. The van der Waals surface area contributed by atoms with Gasteiger partial charge >= 0.3 is 0 Å². The number of nitrogens with two attached hydrogens (primary N) is 1. The number of benzene rings is 1. The van der Waals surface area contributed by atoms with Crippen molar-refractivity contribution in [2.24, 2.45) is 5.73 Å². The molecule has 0 aliphatic heterocycles. The highest BCUT2D eigenvalue weighted by molar-refractivity contribution is 7.91. The van der Waals surface area contributed by atoms with Crippen LogP contribution in [0.2, 0.25) is 4.34 Å². The molecule has 2 aromatic rings. The molecule has 106 valence electrons. The van der Waals surface area contributed by atoms with Gasteiger partial charge in [0.2, 0.25) is 5.91 Å². The molecule has 1 atom stereocenters. The van der Waals surface area contributed by atoms with Crippen LogP contribution in [-0.2, 0) is 14.8 Å². The molecular weight excluding hydrogens is 320 g/mol. The zero-order chi connectivity index (χ0) is 14.8. The number of sulfonamides is 1. The number of primary amides is 1. The summed E-state index contributed by atoms with van der Waals surface area (Å²) in [5, 5.41) is 0. The molecular formula is C12H11ClN2O3S2. The van der Waals surface area contributed by atoms with E-state index in [0.29, 0.717) is 9.90 Å². The topological polar surface area (TPSA) is 89.3 Å². The van der Waals surface area contributed by atoms with Crippen LogP contribution in [0.3, 0.4) is 0 Å². The Morgan fingerprint density at radius 3 is 2.35 bits per heavy atom. The molecule has 0 fully saturated rings. The average molecular weight is 331 g/mol. The van der Waals surface area contributed by atoms with Crippen LogP contribution >= 0.6 is 22.9 Å². The number of carbonyl (C=O) groups is 1. The predicted molar refractivity (Wildman–Crippen MR) is 78.0 cm³/mol. The Kier molecular flexibility index (Phi) is 4.44. The third-order valence-corrected chi connectivity index (χ3v) is 5.65. The lowest BCUT2D eigenvalue weighted by Gasteiger charge is -2.15. The Morgan fingerprint density at radius 1 is 1.20 bits per heavy atom. The molecule has 8 heteroatoms. The van der Waals surface area contributed by atoms with E-state index in [9.17, 15) is 13.2 Å². The maximum Gasteiger partial charge on any atom is 0.251 e. The first-order chi connectivity index (χ1) is 9.40. The number of hydrogen-bond donors (Lipinski definition) is 2. The van der Waals surface area contributed by atoms with E-state index in [1.165, 1.54) is 12.1 Å². The molecule has 1 amide bonds. The summed E-state index contributed by atoms with van der Waals surface area (Å²) in [5.41, 5.74) is 5.75. The summed E-state index contributed by atoms with van der Waals surface area (Å²) < 4.78 is 27.0. The minimum absolute atomic E-state index is 0.0321. The molecule has 0 spiro atoms. The van der Waals surface area contributed by atoms with E-state index >= 15 is 0 Å². The quantitative estimate of drug-likeness (QED) is 0.877. The van der Waals surface area contributed by atoms with E-state index in [1.54, 1.807) is 30.3 Å². The second kappa shape index (κ2) is 5.92. The highest BCUT2D eigenvalue weighted by Gasteiger charge is 2.26. The van der Waals surface area contributed by atoms with Crippen LogP contribution in [0.15, 0.2) is 46.7 Å². The summed E-state index contributed by atoms with van der Waals surface area (Å²) in [6, 6.07) is 10.1. The molecule has 1 unspecified atom stereocenters. The van der Waals surface area contributed by atoms with Crippen molar-refractivity contribution in [1.82, 2.24) is 4.72 Å². The smallest absolute Gasteiger partial charge is 0.251 e. The first-order valence-electron chi connectivity index (χ1n) is 5.52. The number of hydrogen-bond acceptors (Lipinski definition) is 4. The van der Waals surface area contributed by atoms with Gasteiger partial charge in [0.15, 0.2) is 0 Å². The van der Waals surface area contributed by atoms with E-state index in [4.69, 9.17) is 17.3 Å². The van der Waals surface area contributed by atoms with Crippen molar-refractivity contribution in [3.63, 3.8) is 0 Å². The summed E-state index contributed by atoms with van der Waals surface area (Å²) in [7, 11) is -3.85. The zero-order valence-electron chi connectivity index (χ0n) is 10.1. The van der Waals surface area contributed by atoms with Gasteiger partial charge in [0.25, 0.3) is 10.0 Å². The van der Waals surface area contributed by atoms with Crippen molar-refractivity contribution in [2.75, 3.05) is 0 Å². The Bertz CT molecular complexity index is 713. The van der Waals surface area contributed by atoms with Gasteiger partial charge in [0.1, 0.15) is 10.3 Å². The third-order valence-electron chi connectivity index (χ3n) is 2.50. The fourth-order valence-corrected chi connectivity index (χ4v) is 4.28. The van der Waals surface area contributed by atoms with Crippen molar-refractivity contribution < 1.29 is 13.2 Å². The van der Waals surface area contributed by atoms with Crippen molar-refractivity contribution in [2.45, 2.75) is 10.3 Å². The van der Waals surface area contributed by atoms with Crippen LogP contribution in [0.4, 0.5) is 0 Å². The number of nitrogens with one attached hydrogen (secondary N) is 1. The second-order valence-corrected chi connectivity index (χ2v) is 7.58. The van der Waals surface area contributed by atoms with E-state index < -0.39 is 22.0 Å². The highest BCUT2D eigenvalue weighted by Crippen LogP contribution is 2.26. The van der Waals surface area contributed by atoms with Gasteiger partial charge in [-0.1, -0.05) is 41.9 Å². The number of thiophene rings is 1. The molecule has 2 rings (SSSR count). The molecule has 0 saturated heterocycles. The van der Waals surface area contributed by atoms with Gasteiger partial charge in [-0.2, -0.15) is 4.72 Å². The molecule has 0 aliphatic carbocycles. The van der Waals surface area contributed by atoms with Crippen LogP contribution in [-0.4, -0.2) is 14.3 Å². The van der Waals surface area contributed by atoms with Crippen LogP contribution in [0.25, 0.3) is 0 Å². The SMILES string of the molecule is NC(=O)C(NS(=O)(=O)c1ccc(Cl)s1)c1ccccc1. The molecule has 1 aromatic carbocycles. The van der Waals surface area contributed by atoms with E-state index in [-0.39, 0.29) is 4.21 Å². The lowest BCUT2D eigenvalue weighted by atomic mass is 10.1. The van der Waals surface area contributed by atoms with Crippen molar-refractivity contribution in [1.29, 1.82) is 0 Å². The summed E-state index contributed by atoms with van der Waals surface area (Å²) >= 11 is 6.62. The Morgan fingerprint density at radius 2 is 1.85 bits per heavy atom. The maximum atomic E-state index is 12.2. The number of carbonyl (C=O) groups excluding carboxylic acids is 1. The minimum Gasteiger partial charge on any atom is -0.368 e. The Balaban J connectivity index is 2.32. The second-order valence-electron chi connectivity index (χ2n) is 3.93. The average Bonchev–Trinajstić information content (AvgIpc) is 2.84. The fourth-order valence-electron chi connectivity index (χ4n) is 1.59. The molecule has 3 N–H and O–H groups in total. The number of amides is 1. The summed E-state index contributed by atoms with van der Waals surface area (Å²) in [5.74, 6) is -0.776. The van der Waals surface area contributed by atoms with Crippen LogP contribution < -0.4 is 10.5 Å². The molecule has 1 heterocycles. The van der Waals surface area contributed by atoms with Crippen molar-refractivity contribution in [3.8, 4) is 0 Å². The summed E-state index contributed by atoms with van der Waals surface area (Å²) in [6.07, 6.45) is 0. The van der Waals surface area contributed by atoms with Gasteiger partial charge in [-0.3, -0.25) is 4.79 Å². The lowest BCUT2D eigenvalue weighted by molar-refractivity contribution is -0.119. The maximum absolute atomic E-state index is 12.2. The van der Waals surface area contributed by atoms with Gasteiger partial charge in [-0.25, -0.2) is 8.42 Å². The number of rotatable bonds is 5. The normalized spacial score (nSPS) is 13.1. The van der Waals surface area contributed by atoms with Crippen LogP contribution in [0.5, 0.6) is 0 Å². The fraction of sp³-hybridized carbons (Fsp3) is 0.0833. The molecule has 5 nitrogen and oxygen atoms in total. The standard InChI is InChI=1S/C12H11ClN2O3S2/c13-9-6-7-10(19-9)20(17,18)15-11(12(14)16)8-4-2-1-3-5-8/h1-7,11,15H,(H2,14,16). The molecule has 0 bridgehead atoms. The van der Waals surface area contributed by atoms with Crippen molar-refractivity contribution >= 4 is 38.9 Å². The van der Waals surface area contributed by atoms with E-state index in [1.807, 2.05) is 0 Å². The van der Waals surface area contributed by atoms with Gasteiger partial charge in [0, 0.05) is 0 Å². The molecule has 20 heavy (non-hydrogen) atoms. The third kappa shape index (κ3) is 3.37. The first kappa shape index (κ1) is 15.0. The largest absolute Gasteiger partial charge is 0.368 e. The van der Waals surface area contributed by atoms with E-state index in [0.717, 1.165) is 11.3 Å². The zero-order valence-corrected chi connectivity index (χ0v) is 12.5. The van der Waals surface area contributed by atoms with Gasteiger partial charge in [-0.05, 0) is 17.7 Å². The first-order valence-corrected chi connectivity index (χ1v) is 8.20. The van der Waals surface area contributed by atoms with Gasteiger partial charge in [0.05, 0.1) is 4.34 Å². The summed E-state index contributed by atoms with van der Waals surface area (Å²) in [4.78, 5) is 11.5. The Labute approximate surface area is 125 Å². The van der Waals surface area contributed by atoms with E-state index in [2.05, 4.69) is 4.72 Å². The monoisotopic (exact) mass is 330 g/mol. The van der Waals surface area contributed by atoms with Gasteiger partial charge < -0.3 is 5.73 Å². The molecule has 0 aliphatic rings. The van der Waals surface area contributed by atoms with Crippen LogP contribution in [0, 0.1) is 0 Å². The van der Waals surface area contributed by atoms with Crippen LogP contribution in [0.1, 0.15) is 11.6 Å².